The minimum atomic E-state index is 0.151. The van der Waals surface area contributed by atoms with Gasteiger partial charge in [0.25, 0.3) is 0 Å². The normalized spacial score (nSPS) is 26.7. The molecule has 1 fully saturated rings. The molecule has 0 bridgehead atoms. The number of hydrogen-bond donors (Lipinski definition) is 1. The fourth-order valence-electron chi connectivity index (χ4n) is 4.14. The van der Waals surface area contributed by atoms with Gasteiger partial charge in [-0.05, 0) is 31.1 Å². The zero-order valence-corrected chi connectivity index (χ0v) is 14.6. The van der Waals surface area contributed by atoms with Crippen LogP contribution in [0.15, 0.2) is 0 Å². The van der Waals surface area contributed by atoms with E-state index in [0.29, 0.717) is 11.8 Å². The SMILES string of the molecule is COCCCN(CCOC)C1(CN)CCCCC1C(C)C. The second-order valence-electron chi connectivity index (χ2n) is 6.73. The van der Waals surface area contributed by atoms with Crippen LogP contribution in [0.25, 0.3) is 0 Å². The molecule has 0 aromatic heterocycles. The second kappa shape index (κ2) is 9.78. The Labute approximate surface area is 131 Å². The summed E-state index contributed by atoms with van der Waals surface area (Å²) in [6.07, 6.45) is 6.24. The zero-order valence-electron chi connectivity index (χ0n) is 14.6. The molecule has 4 nitrogen and oxygen atoms in total. The minimum Gasteiger partial charge on any atom is -0.385 e. The lowest BCUT2D eigenvalue weighted by Crippen LogP contribution is -2.62. The molecule has 1 rings (SSSR count). The van der Waals surface area contributed by atoms with Crippen LogP contribution < -0.4 is 5.73 Å². The van der Waals surface area contributed by atoms with E-state index >= 15 is 0 Å². The number of nitrogens with two attached hydrogens (primary N) is 1. The highest BCUT2D eigenvalue weighted by Crippen LogP contribution is 2.42. The minimum absolute atomic E-state index is 0.151. The predicted octanol–water partition coefficient (Wildman–Crippen LogP) is 2.51. The number of methoxy groups -OCH3 is 2. The average molecular weight is 300 g/mol. The highest BCUT2D eigenvalue weighted by Gasteiger charge is 2.44. The average Bonchev–Trinajstić information content (AvgIpc) is 2.50. The van der Waals surface area contributed by atoms with Gasteiger partial charge in [-0.2, -0.15) is 0 Å². The van der Waals surface area contributed by atoms with Gasteiger partial charge in [0.15, 0.2) is 0 Å². The van der Waals surface area contributed by atoms with Crippen molar-refractivity contribution in [3.8, 4) is 0 Å². The summed E-state index contributed by atoms with van der Waals surface area (Å²) in [6, 6.07) is 0. The first-order valence-electron chi connectivity index (χ1n) is 8.55. The van der Waals surface area contributed by atoms with Crippen molar-refractivity contribution in [3.63, 3.8) is 0 Å². The number of nitrogens with zero attached hydrogens (tertiary/aromatic N) is 1. The van der Waals surface area contributed by atoms with E-state index < -0.39 is 0 Å². The van der Waals surface area contributed by atoms with Crippen molar-refractivity contribution in [1.29, 1.82) is 0 Å². The number of ether oxygens (including phenoxy) is 2. The largest absolute Gasteiger partial charge is 0.385 e. The standard InChI is InChI=1S/C17H36N2O2/c1-15(2)16-8-5-6-9-17(16,14-18)19(11-13-21-4)10-7-12-20-3/h15-16H,5-14,18H2,1-4H3. The molecule has 0 aromatic carbocycles. The van der Waals surface area contributed by atoms with E-state index in [-0.39, 0.29) is 5.54 Å². The lowest BCUT2D eigenvalue weighted by molar-refractivity contribution is -0.0288. The summed E-state index contributed by atoms with van der Waals surface area (Å²) in [6.45, 7) is 9.08. The van der Waals surface area contributed by atoms with Crippen LogP contribution in [0.1, 0.15) is 46.0 Å². The van der Waals surface area contributed by atoms with E-state index in [1.54, 1.807) is 14.2 Å². The molecule has 4 heteroatoms. The fourth-order valence-corrected chi connectivity index (χ4v) is 4.14. The monoisotopic (exact) mass is 300 g/mol. The number of hydrogen-bond acceptors (Lipinski definition) is 4. The van der Waals surface area contributed by atoms with Gasteiger partial charge in [-0.15, -0.1) is 0 Å². The predicted molar refractivity (Wildman–Crippen MR) is 88.5 cm³/mol. The maximum atomic E-state index is 6.33. The van der Waals surface area contributed by atoms with Gasteiger partial charge in [0.05, 0.1) is 6.61 Å². The lowest BCUT2D eigenvalue weighted by Gasteiger charge is -2.53. The Morgan fingerprint density at radius 1 is 1.14 bits per heavy atom. The van der Waals surface area contributed by atoms with Crippen LogP contribution in [0.5, 0.6) is 0 Å². The summed E-state index contributed by atoms with van der Waals surface area (Å²) in [5.74, 6) is 1.37. The van der Waals surface area contributed by atoms with E-state index in [4.69, 9.17) is 15.2 Å². The molecule has 1 aliphatic rings. The van der Waals surface area contributed by atoms with Crippen molar-refractivity contribution in [2.24, 2.45) is 17.6 Å². The van der Waals surface area contributed by atoms with Crippen molar-refractivity contribution in [2.45, 2.75) is 51.5 Å². The molecule has 2 N–H and O–H groups in total. The molecule has 0 aliphatic heterocycles. The van der Waals surface area contributed by atoms with E-state index in [2.05, 4.69) is 18.7 Å². The highest BCUT2D eigenvalue weighted by molar-refractivity contribution is 5.01. The van der Waals surface area contributed by atoms with Crippen LogP contribution in [-0.4, -0.2) is 57.5 Å². The maximum Gasteiger partial charge on any atom is 0.0589 e. The molecule has 1 aliphatic carbocycles. The smallest absolute Gasteiger partial charge is 0.0589 e. The van der Waals surface area contributed by atoms with Crippen LogP contribution in [0.4, 0.5) is 0 Å². The topological polar surface area (TPSA) is 47.7 Å². The Balaban J connectivity index is 2.88. The molecule has 0 amide bonds. The highest BCUT2D eigenvalue weighted by atomic mass is 16.5. The summed E-state index contributed by atoms with van der Waals surface area (Å²) in [5, 5.41) is 0. The van der Waals surface area contributed by atoms with Gasteiger partial charge in [0, 0.05) is 46.0 Å². The Kier molecular flexibility index (Phi) is 8.79. The molecular weight excluding hydrogens is 264 g/mol. The third kappa shape index (κ3) is 4.92. The first kappa shape index (κ1) is 18.9. The maximum absolute atomic E-state index is 6.33. The van der Waals surface area contributed by atoms with Gasteiger partial charge in [0.2, 0.25) is 0 Å². The van der Waals surface area contributed by atoms with Gasteiger partial charge < -0.3 is 15.2 Å². The molecule has 0 spiro atoms. The second-order valence-corrected chi connectivity index (χ2v) is 6.73. The van der Waals surface area contributed by atoms with E-state index in [9.17, 15) is 0 Å². The molecule has 2 unspecified atom stereocenters. The van der Waals surface area contributed by atoms with Crippen LogP contribution in [0.2, 0.25) is 0 Å². The van der Waals surface area contributed by atoms with Gasteiger partial charge in [-0.3, -0.25) is 4.90 Å². The van der Waals surface area contributed by atoms with Gasteiger partial charge in [0.1, 0.15) is 0 Å². The van der Waals surface area contributed by atoms with Crippen molar-refractivity contribution in [3.05, 3.63) is 0 Å². The first-order chi connectivity index (χ1) is 10.1. The van der Waals surface area contributed by atoms with Crippen molar-refractivity contribution in [1.82, 2.24) is 4.90 Å². The molecule has 2 atom stereocenters. The van der Waals surface area contributed by atoms with Crippen LogP contribution in [0.3, 0.4) is 0 Å². The van der Waals surface area contributed by atoms with E-state index in [1.807, 2.05) is 0 Å². The molecule has 0 radical (unpaired) electrons. The fraction of sp³-hybridized carbons (Fsp3) is 1.00. The van der Waals surface area contributed by atoms with Crippen molar-refractivity contribution < 1.29 is 9.47 Å². The van der Waals surface area contributed by atoms with Crippen molar-refractivity contribution in [2.75, 3.05) is 47.1 Å². The molecule has 126 valence electrons. The van der Waals surface area contributed by atoms with Crippen LogP contribution in [-0.2, 0) is 9.47 Å². The van der Waals surface area contributed by atoms with Crippen LogP contribution in [0, 0.1) is 11.8 Å². The summed E-state index contributed by atoms with van der Waals surface area (Å²) < 4.78 is 10.6. The molecular formula is C17H36N2O2. The molecule has 0 saturated heterocycles. The zero-order chi connectivity index (χ0) is 15.7. The molecule has 0 aromatic rings. The Morgan fingerprint density at radius 2 is 1.86 bits per heavy atom. The first-order valence-corrected chi connectivity index (χ1v) is 8.55. The molecule has 0 heterocycles. The summed E-state index contributed by atoms with van der Waals surface area (Å²) in [7, 11) is 3.55. The summed E-state index contributed by atoms with van der Waals surface area (Å²) >= 11 is 0. The van der Waals surface area contributed by atoms with Crippen molar-refractivity contribution >= 4 is 0 Å². The van der Waals surface area contributed by atoms with Gasteiger partial charge >= 0.3 is 0 Å². The Hall–Kier alpha value is -0.160. The van der Waals surface area contributed by atoms with E-state index in [0.717, 1.165) is 39.3 Å². The van der Waals surface area contributed by atoms with Gasteiger partial charge in [-0.1, -0.05) is 26.7 Å². The summed E-state index contributed by atoms with van der Waals surface area (Å²) in [4.78, 5) is 2.61. The Morgan fingerprint density at radius 3 is 2.43 bits per heavy atom. The van der Waals surface area contributed by atoms with Gasteiger partial charge in [-0.25, -0.2) is 0 Å². The summed E-state index contributed by atoms with van der Waals surface area (Å²) in [5.41, 5.74) is 6.48. The molecule has 1 saturated carbocycles. The third-order valence-corrected chi connectivity index (χ3v) is 5.19. The third-order valence-electron chi connectivity index (χ3n) is 5.19. The molecule has 21 heavy (non-hydrogen) atoms. The van der Waals surface area contributed by atoms with Crippen LogP contribution >= 0.6 is 0 Å². The quantitative estimate of drug-likeness (QED) is 0.630. The number of rotatable bonds is 10. The van der Waals surface area contributed by atoms with E-state index in [1.165, 1.54) is 25.7 Å². The Bertz CT molecular complexity index is 274. The lowest BCUT2D eigenvalue weighted by atomic mass is 9.66.